The van der Waals surface area contributed by atoms with Gasteiger partial charge in [-0.05, 0) is 30.7 Å². The number of aromatic nitrogens is 2. The Morgan fingerprint density at radius 3 is 2.88 bits per heavy atom. The summed E-state index contributed by atoms with van der Waals surface area (Å²) in [5.41, 5.74) is 8.18. The fourth-order valence-corrected chi connectivity index (χ4v) is 1.52. The fraction of sp³-hybridized carbons (Fsp3) is 0.0833. The minimum Gasteiger partial charge on any atom is -0.388 e. The molecule has 86 valence electrons. The number of aryl methyl sites for hydroxylation is 1. The predicted molar refractivity (Wildman–Crippen MR) is 72.4 cm³/mol. The van der Waals surface area contributed by atoms with Crippen LogP contribution in [0.25, 0.3) is 0 Å². The van der Waals surface area contributed by atoms with Crippen LogP contribution in [0.4, 0.5) is 11.6 Å². The second-order valence-corrected chi connectivity index (χ2v) is 4.06. The Labute approximate surface area is 105 Å². The molecule has 1 aromatic carbocycles. The highest BCUT2D eigenvalue weighted by molar-refractivity contribution is 7.80. The molecule has 17 heavy (non-hydrogen) atoms. The van der Waals surface area contributed by atoms with Gasteiger partial charge in [0.05, 0.1) is 0 Å². The monoisotopic (exact) mass is 244 g/mol. The zero-order valence-corrected chi connectivity index (χ0v) is 10.2. The van der Waals surface area contributed by atoms with Gasteiger partial charge in [-0.25, -0.2) is 9.97 Å². The highest BCUT2D eigenvalue weighted by Crippen LogP contribution is 2.14. The molecule has 0 spiro atoms. The quantitative estimate of drug-likeness (QED) is 0.810. The first-order chi connectivity index (χ1) is 8.15. The minimum atomic E-state index is 0.264. The molecular formula is C12H12N4S. The van der Waals surface area contributed by atoms with Crippen molar-refractivity contribution in [3.8, 4) is 0 Å². The number of hydrogen-bond acceptors (Lipinski definition) is 4. The topological polar surface area (TPSA) is 63.8 Å². The van der Waals surface area contributed by atoms with Gasteiger partial charge in [0.25, 0.3) is 0 Å². The summed E-state index contributed by atoms with van der Waals surface area (Å²) in [6.07, 6.45) is 1.62. The third-order valence-corrected chi connectivity index (χ3v) is 2.39. The van der Waals surface area contributed by atoms with Crippen molar-refractivity contribution in [2.75, 3.05) is 5.32 Å². The van der Waals surface area contributed by atoms with Crippen LogP contribution >= 0.6 is 12.2 Å². The summed E-state index contributed by atoms with van der Waals surface area (Å²) < 4.78 is 0. The van der Waals surface area contributed by atoms with E-state index in [0.29, 0.717) is 11.6 Å². The molecule has 0 aliphatic rings. The molecule has 2 rings (SSSR count). The van der Waals surface area contributed by atoms with Crippen LogP contribution in [0.1, 0.15) is 11.3 Å². The van der Waals surface area contributed by atoms with Crippen LogP contribution < -0.4 is 11.1 Å². The van der Waals surface area contributed by atoms with E-state index in [2.05, 4.69) is 15.3 Å². The predicted octanol–water partition coefficient (Wildman–Crippen LogP) is 2.16. The van der Waals surface area contributed by atoms with E-state index < -0.39 is 0 Å². The Morgan fingerprint density at radius 2 is 2.18 bits per heavy atom. The minimum absolute atomic E-state index is 0.264. The molecule has 3 N–H and O–H groups in total. The van der Waals surface area contributed by atoms with E-state index in [1.54, 1.807) is 12.3 Å². The first-order valence-electron chi connectivity index (χ1n) is 5.12. The number of anilines is 2. The van der Waals surface area contributed by atoms with E-state index >= 15 is 0 Å². The average Bonchev–Trinajstić information content (AvgIpc) is 2.29. The lowest BCUT2D eigenvalue weighted by Crippen LogP contribution is -2.12. The molecule has 2 aromatic rings. The smallest absolute Gasteiger partial charge is 0.227 e. The van der Waals surface area contributed by atoms with Crippen LogP contribution in [-0.4, -0.2) is 15.0 Å². The molecule has 1 aromatic heterocycles. The highest BCUT2D eigenvalue weighted by atomic mass is 32.1. The number of hydrogen-bond donors (Lipinski definition) is 2. The second-order valence-electron chi connectivity index (χ2n) is 3.62. The van der Waals surface area contributed by atoms with E-state index in [4.69, 9.17) is 18.0 Å². The van der Waals surface area contributed by atoms with Gasteiger partial charge >= 0.3 is 0 Å². The molecule has 0 saturated heterocycles. The van der Waals surface area contributed by atoms with Crippen LogP contribution in [0.5, 0.6) is 0 Å². The Bertz CT molecular complexity index is 554. The van der Waals surface area contributed by atoms with Crippen molar-refractivity contribution < 1.29 is 0 Å². The van der Waals surface area contributed by atoms with Gasteiger partial charge in [0.1, 0.15) is 10.7 Å². The van der Waals surface area contributed by atoms with Crippen LogP contribution in [0, 0.1) is 6.92 Å². The standard InChI is InChI=1S/C12H12N4S/c1-8-3-2-4-9(7-8)15-12-14-6-5-10(16-12)11(13)17/h2-7H,1H3,(H2,13,17)(H,14,15,16). The lowest BCUT2D eigenvalue weighted by molar-refractivity contribution is 1.15. The Hall–Kier alpha value is -2.01. The van der Waals surface area contributed by atoms with Crippen molar-refractivity contribution in [2.24, 2.45) is 5.73 Å². The first-order valence-corrected chi connectivity index (χ1v) is 5.52. The average molecular weight is 244 g/mol. The summed E-state index contributed by atoms with van der Waals surface area (Å²) >= 11 is 4.87. The van der Waals surface area contributed by atoms with Gasteiger partial charge < -0.3 is 11.1 Å². The Kier molecular flexibility index (Phi) is 3.30. The first kappa shape index (κ1) is 11.5. The zero-order valence-electron chi connectivity index (χ0n) is 9.34. The van der Waals surface area contributed by atoms with Crippen molar-refractivity contribution in [1.82, 2.24) is 9.97 Å². The fourth-order valence-electron chi connectivity index (χ4n) is 1.41. The van der Waals surface area contributed by atoms with Crippen molar-refractivity contribution in [3.63, 3.8) is 0 Å². The maximum absolute atomic E-state index is 5.51. The van der Waals surface area contributed by atoms with E-state index in [1.807, 2.05) is 31.2 Å². The molecule has 0 amide bonds. The molecule has 1 heterocycles. The molecule has 0 radical (unpaired) electrons. The van der Waals surface area contributed by atoms with E-state index in [0.717, 1.165) is 5.69 Å². The van der Waals surface area contributed by atoms with E-state index in [1.165, 1.54) is 5.56 Å². The van der Waals surface area contributed by atoms with Gasteiger partial charge in [-0.15, -0.1) is 0 Å². The number of thiocarbonyl (C=S) groups is 1. The molecule has 4 nitrogen and oxygen atoms in total. The van der Waals surface area contributed by atoms with E-state index in [9.17, 15) is 0 Å². The number of nitrogens with one attached hydrogen (secondary N) is 1. The summed E-state index contributed by atoms with van der Waals surface area (Å²) in [5, 5.41) is 3.10. The number of rotatable bonds is 3. The molecular weight excluding hydrogens is 232 g/mol. The van der Waals surface area contributed by atoms with Crippen LogP contribution in [0.2, 0.25) is 0 Å². The third kappa shape index (κ3) is 2.98. The number of benzene rings is 1. The Balaban J connectivity index is 2.24. The maximum atomic E-state index is 5.51. The maximum Gasteiger partial charge on any atom is 0.227 e. The normalized spacial score (nSPS) is 9.94. The summed E-state index contributed by atoms with van der Waals surface area (Å²) in [5.74, 6) is 0.487. The third-order valence-electron chi connectivity index (χ3n) is 2.18. The van der Waals surface area contributed by atoms with Crippen LogP contribution in [0.15, 0.2) is 36.5 Å². The molecule has 0 bridgehead atoms. The number of nitrogens with zero attached hydrogens (tertiary/aromatic N) is 2. The lowest BCUT2D eigenvalue weighted by Gasteiger charge is -2.06. The number of nitrogens with two attached hydrogens (primary N) is 1. The van der Waals surface area contributed by atoms with Gasteiger partial charge in [0.2, 0.25) is 5.95 Å². The molecule has 0 atom stereocenters. The van der Waals surface area contributed by atoms with Gasteiger partial charge in [0.15, 0.2) is 0 Å². The summed E-state index contributed by atoms with van der Waals surface area (Å²) in [6, 6.07) is 9.64. The van der Waals surface area contributed by atoms with Crippen molar-refractivity contribution in [1.29, 1.82) is 0 Å². The van der Waals surface area contributed by atoms with Crippen LogP contribution in [-0.2, 0) is 0 Å². The molecule has 0 aliphatic carbocycles. The van der Waals surface area contributed by atoms with Crippen molar-refractivity contribution >= 4 is 28.8 Å². The van der Waals surface area contributed by atoms with Gasteiger partial charge in [-0.2, -0.15) is 0 Å². The second kappa shape index (κ2) is 4.88. The molecule has 0 unspecified atom stereocenters. The molecule has 5 heteroatoms. The van der Waals surface area contributed by atoms with E-state index in [-0.39, 0.29) is 4.99 Å². The largest absolute Gasteiger partial charge is 0.388 e. The summed E-state index contributed by atoms with van der Waals surface area (Å²) in [4.78, 5) is 8.58. The van der Waals surface area contributed by atoms with Gasteiger partial charge in [0, 0.05) is 11.9 Å². The van der Waals surface area contributed by atoms with Gasteiger partial charge in [-0.1, -0.05) is 24.4 Å². The summed E-state index contributed by atoms with van der Waals surface area (Å²) in [7, 11) is 0. The molecule has 0 aliphatic heterocycles. The zero-order chi connectivity index (χ0) is 12.3. The lowest BCUT2D eigenvalue weighted by atomic mass is 10.2. The van der Waals surface area contributed by atoms with Gasteiger partial charge in [-0.3, -0.25) is 0 Å². The van der Waals surface area contributed by atoms with Crippen molar-refractivity contribution in [2.45, 2.75) is 6.92 Å². The SMILES string of the molecule is Cc1cccc(Nc2nccc(C(N)=S)n2)c1. The highest BCUT2D eigenvalue weighted by Gasteiger charge is 2.01. The van der Waals surface area contributed by atoms with Crippen LogP contribution in [0.3, 0.4) is 0 Å². The molecule has 0 fully saturated rings. The molecule has 0 saturated carbocycles. The van der Waals surface area contributed by atoms with Crippen molar-refractivity contribution in [3.05, 3.63) is 47.8 Å². The summed E-state index contributed by atoms with van der Waals surface area (Å²) in [6.45, 7) is 2.03. The Morgan fingerprint density at radius 1 is 1.35 bits per heavy atom.